The lowest BCUT2D eigenvalue weighted by Gasteiger charge is -2.14. The summed E-state index contributed by atoms with van der Waals surface area (Å²) in [5, 5.41) is 0. The minimum Gasteiger partial charge on any atom is -0.492 e. The molecule has 0 radical (unpaired) electrons. The second kappa shape index (κ2) is 13.3. The van der Waals surface area contributed by atoms with Crippen molar-refractivity contribution < 1.29 is 14.3 Å². The Bertz CT molecular complexity index is 616. The second-order valence-electron chi connectivity index (χ2n) is 7.46. The van der Waals surface area contributed by atoms with Gasteiger partial charge in [-0.2, -0.15) is 0 Å². The van der Waals surface area contributed by atoms with Gasteiger partial charge in [0.2, 0.25) is 0 Å². The Labute approximate surface area is 169 Å². The van der Waals surface area contributed by atoms with Gasteiger partial charge in [-0.05, 0) is 18.6 Å². The molecule has 1 aromatic rings. The zero-order valence-electron chi connectivity index (χ0n) is 17.3. The van der Waals surface area contributed by atoms with Crippen LogP contribution in [0.1, 0.15) is 82.7 Å². The number of carbonyl (C=O) groups is 1. The molecule has 2 heterocycles. The van der Waals surface area contributed by atoms with Crippen LogP contribution in [0.3, 0.4) is 0 Å². The first-order chi connectivity index (χ1) is 13.8. The van der Waals surface area contributed by atoms with Crippen LogP contribution in [0.5, 0.6) is 5.75 Å². The highest BCUT2D eigenvalue weighted by molar-refractivity contribution is 5.92. The van der Waals surface area contributed by atoms with Gasteiger partial charge in [0.1, 0.15) is 12.4 Å². The van der Waals surface area contributed by atoms with E-state index in [-0.39, 0.29) is 11.9 Å². The Kier molecular flexibility index (Phi) is 10.7. The van der Waals surface area contributed by atoms with Crippen LogP contribution < -0.4 is 10.5 Å². The highest BCUT2D eigenvalue weighted by Crippen LogP contribution is 2.35. The maximum atomic E-state index is 11.9. The van der Waals surface area contributed by atoms with Gasteiger partial charge in [0.25, 0.3) is 0 Å². The third kappa shape index (κ3) is 7.27. The molecule has 0 saturated carbocycles. The number of rotatable bonds is 14. The number of esters is 1. The number of carbonyl (C=O) groups excluding carboxylic acids is 1. The van der Waals surface area contributed by atoms with Gasteiger partial charge in [-0.3, -0.25) is 4.98 Å². The fourth-order valence-corrected chi connectivity index (χ4v) is 3.61. The van der Waals surface area contributed by atoms with E-state index in [1.807, 2.05) is 12.1 Å². The first-order valence-corrected chi connectivity index (χ1v) is 10.9. The lowest BCUT2D eigenvalue weighted by Crippen LogP contribution is -2.10. The van der Waals surface area contributed by atoms with Crippen LogP contribution in [-0.2, 0) is 9.53 Å². The monoisotopic (exact) mass is 388 g/mol. The summed E-state index contributed by atoms with van der Waals surface area (Å²) in [6, 6.07) is 3.78. The molecule has 1 atom stereocenters. The third-order valence-corrected chi connectivity index (χ3v) is 5.22. The summed E-state index contributed by atoms with van der Waals surface area (Å²) in [7, 11) is 0. The van der Waals surface area contributed by atoms with E-state index in [0.29, 0.717) is 25.3 Å². The standard InChI is InChI=1S/C23H36N2O3/c1-2-3-4-5-6-7-8-9-10-11-17-27-21-13-12-16-25-22(21)20-18-28-23(26)19(20)14-15-24/h12-14,16,20H,2-11,15,17-18,24H2,1H3. The number of pyridine rings is 1. The van der Waals surface area contributed by atoms with E-state index in [1.54, 1.807) is 12.3 Å². The van der Waals surface area contributed by atoms with Crippen LogP contribution in [0, 0.1) is 0 Å². The molecule has 1 aromatic heterocycles. The van der Waals surface area contributed by atoms with Crippen molar-refractivity contribution in [2.45, 2.75) is 77.0 Å². The summed E-state index contributed by atoms with van der Waals surface area (Å²) in [6.07, 6.45) is 16.4. The smallest absolute Gasteiger partial charge is 0.334 e. The molecule has 28 heavy (non-hydrogen) atoms. The molecule has 1 unspecified atom stereocenters. The van der Waals surface area contributed by atoms with Gasteiger partial charge in [-0.1, -0.05) is 70.8 Å². The van der Waals surface area contributed by atoms with Gasteiger partial charge in [0.05, 0.1) is 18.2 Å². The normalized spacial score (nSPS) is 17.9. The predicted molar refractivity (Wildman–Crippen MR) is 112 cm³/mol. The van der Waals surface area contributed by atoms with Gasteiger partial charge < -0.3 is 15.2 Å². The molecule has 2 N–H and O–H groups in total. The average molecular weight is 389 g/mol. The molecular weight excluding hydrogens is 352 g/mol. The average Bonchev–Trinajstić information content (AvgIpc) is 3.07. The van der Waals surface area contributed by atoms with Crippen molar-refractivity contribution in [1.82, 2.24) is 4.98 Å². The molecule has 0 spiro atoms. The number of aromatic nitrogens is 1. The summed E-state index contributed by atoms with van der Waals surface area (Å²) in [5.74, 6) is 0.242. The number of nitrogens with zero attached hydrogens (tertiary/aromatic N) is 1. The topological polar surface area (TPSA) is 74.4 Å². The van der Waals surface area contributed by atoms with Crippen LogP contribution >= 0.6 is 0 Å². The van der Waals surface area contributed by atoms with Crippen molar-refractivity contribution in [3.63, 3.8) is 0 Å². The van der Waals surface area contributed by atoms with E-state index >= 15 is 0 Å². The summed E-state index contributed by atoms with van der Waals surface area (Å²) in [5.41, 5.74) is 6.94. The summed E-state index contributed by atoms with van der Waals surface area (Å²) >= 11 is 0. The highest BCUT2D eigenvalue weighted by Gasteiger charge is 2.34. The fourth-order valence-electron chi connectivity index (χ4n) is 3.61. The first-order valence-electron chi connectivity index (χ1n) is 10.9. The van der Waals surface area contributed by atoms with Gasteiger partial charge in [0, 0.05) is 18.3 Å². The number of nitrogens with two attached hydrogens (primary N) is 1. The van der Waals surface area contributed by atoms with Gasteiger partial charge >= 0.3 is 5.97 Å². The van der Waals surface area contributed by atoms with Crippen molar-refractivity contribution in [3.05, 3.63) is 35.7 Å². The Morgan fingerprint density at radius 2 is 1.82 bits per heavy atom. The molecule has 0 amide bonds. The van der Waals surface area contributed by atoms with E-state index in [4.69, 9.17) is 15.2 Å². The number of cyclic esters (lactones) is 1. The molecule has 156 valence electrons. The van der Waals surface area contributed by atoms with E-state index in [0.717, 1.165) is 17.9 Å². The SMILES string of the molecule is CCCCCCCCCCCCOc1cccnc1C1COC(=O)C1=CCN. The summed E-state index contributed by atoms with van der Waals surface area (Å²) in [4.78, 5) is 16.4. The number of ether oxygens (including phenoxy) is 2. The van der Waals surface area contributed by atoms with E-state index in [9.17, 15) is 4.79 Å². The van der Waals surface area contributed by atoms with E-state index < -0.39 is 0 Å². The molecule has 5 nitrogen and oxygen atoms in total. The van der Waals surface area contributed by atoms with Crippen LogP contribution in [0.25, 0.3) is 0 Å². The molecule has 0 aromatic carbocycles. The molecule has 5 heteroatoms. The van der Waals surface area contributed by atoms with Crippen molar-refractivity contribution in [3.8, 4) is 5.75 Å². The Morgan fingerprint density at radius 3 is 2.50 bits per heavy atom. The zero-order chi connectivity index (χ0) is 20.0. The third-order valence-electron chi connectivity index (χ3n) is 5.22. The number of hydrogen-bond donors (Lipinski definition) is 1. The van der Waals surface area contributed by atoms with E-state index in [2.05, 4.69) is 11.9 Å². The van der Waals surface area contributed by atoms with Crippen LogP contribution in [0.4, 0.5) is 0 Å². The summed E-state index contributed by atoms with van der Waals surface area (Å²) in [6.45, 7) is 3.54. The quantitative estimate of drug-likeness (QED) is 0.278. The molecule has 0 aliphatic carbocycles. The maximum absolute atomic E-state index is 11.9. The molecule has 1 fully saturated rings. The van der Waals surface area contributed by atoms with Crippen molar-refractivity contribution in [2.24, 2.45) is 5.73 Å². The fraction of sp³-hybridized carbons (Fsp3) is 0.652. The second-order valence-corrected chi connectivity index (χ2v) is 7.46. The lowest BCUT2D eigenvalue weighted by molar-refractivity contribution is -0.135. The number of unbranched alkanes of at least 4 members (excludes halogenated alkanes) is 9. The molecule has 2 rings (SSSR count). The Balaban J connectivity index is 1.70. The molecule has 1 saturated heterocycles. The first kappa shape index (κ1) is 22.4. The van der Waals surface area contributed by atoms with Crippen molar-refractivity contribution in [2.75, 3.05) is 19.8 Å². The predicted octanol–water partition coefficient (Wildman–Crippen LogP) is 4.91. The van der Waals surface area contributed by atoms with Crippen molar-refractivity contribution >= 4 is 5.97 Å². The Hall–Kier alpha value is -1.88. The number of hydrogen-bond acceptors (Lipinski definition) is 5. The molecule has 0 bridgehead atoms. The maximum Gasteiger partial charge on any atom is 0.334 e. The minimum atomic E-state index is -0.304. The van der Waals surface area contributed by atoms with Gasteiger partial charge in [-0.15, -0.1) is 0 Å². The molecule has 1 aliphatic rings. The minimum absolute atomic E-state index is 0.194. The summed E-state index contributed by atoms with van der Waals surface area (Å²) < 4.78 is 11.2. The molecular formula is C23H36N2O3. The van der Waals surface area contributed by atoms with Crippen molar-refractivity contribution in [1.29, 1.82) is 0 Å². The lowest BCUT2D eigenvalue weighted by atomic mass is 9.97. The largest absolute Gasteiger partial charge is 0.492 e. The Morgan fingerprint density at radius 1 is 1.14 bits per heavy atom. The molecule has 1 aliphatic heterocycles. The van der Waals surface area contributed by atoms with Crippen LogP contribution in [0.2, 0.25) is 0 Å². The highest BCUT2D eigenvalue weighted by atomic mass is 16.5. The van der Waals surface area contributed by atoms with Gasteiger partial charge in [-0.25, -0.2) is 4.79 Å². The zero-order valence-corrected chi connectivity index (χ0v) is 17.3. The van der Waals surface area contributed by atoms with E-state index in [1.165, 1.54) is 57.8 Å². The van der Waals surface area contributed by atoms with Crippen LogP contribution in [0.15, 0.2) is 30.0 Å². The van der Waals surface area contributed by atoms with Crippen LogP contribution in [-0.4, -0.2) is 30.7 Å². The van der Waals surface area contributed by atoms with Gasteiger partial charge in [0.15, 0.2) is 0 Å².